The highest BCUT2D eigenvalue weighted by molar-refractivity contribution is 5.24. The molecule has 1 atom stereocenters. The molecule has 1 saturated carbocycles. The summed E-state index contributed by atoms with van der Waals surface area (Å²) in [6, 6.07) is 8.85. The fourth-order valence-corrected chi connectivity index (χ4v) is 2.41. The molecule has 1 heteroatoms. The smallest absolute Gasteiger partial charge is 0.0571 e. The van der Waals surface area contributed by atoms with Gasteiger partial charge in [-0.2, -0.15) is 0 Å². The van der Waals surface area contributed by atoms with Crippen molar-refractivity contribution in [1.82, 2.24) is 0 Å². The monoisotopic (exact) mass is 232 g/mol. The summed E-state index contributed by atoms with van der Waals surface area (Å²) in [7, 11) is 0. The van der Waals surface area contributed by atoms with E-state index in [0.29, 0.717) is 11.8 Å². The van der Waals surface area contributed by atoms with Crippen LogP contribution in [0.15, 0.2) is 24.3 Å². The van der Waals surface area contributed by atoms with Crippen LogP contribution in [0.25, 0.3) is 0 Å². The van der Waals surface area contributed by atoms with E-state index in [1.165, 1.54) is 24.0 Å². The molecule has 1 aromatic rings. The topological polar surface area (TPSA) is 20.2 Å². The highest BCUT2D eigenvalue weighted by atomic mass is 16.3. The number of aliphatic hydroxyl groups excluding tert-OH is 1. The molecule has 0 heterocycles. The molecule has 1 aliphatic carbocycles. The fraction of sp³-hybridized carbons (Fsp3) is 0.625. The van der Waals surface area contributed by atoms with Crippen LogP contribution in [0.1, 0.15) is 44.2 Å². The van der Waals surface area contributed by atoms with E-state index in [2.05, 4.69) is 38.1 Å². The Morgan fingerprint density at radius 1 is 1.24 bits per heavy atom. The van der Waals surface area contributed by atoms with Gasteiger partial charge >= 0.3 is 0 Å². The molecule has 0 amide bonds. The Hall–Kier alpha value is -0.820. The van der Waals surface area contributed by atoms with Gasteiger partial charge in [-0.15, -0.1) is 0 Å². The van der Waals surface area contributed by atoms with E-state index in [4.69, 9.17) is 0 Å². The molecule has 2 rings (SSSR count). The van der Waals surface area contributed by atoms with Crippen molar-refractivity contribution < 1.29 is 5.11 Å². The molecule has 0 saturated heterocycles. The van der Waals surface area contributed by atoms with Gasteiger partial charge in [-0.05, 0) is 55.1 Å². The Morgan fingerprint density at radius 2 is 1.94 bits per heavy atom. The van der Waals surface area contributed by atoms with Crippen molar-refractivity contribution in [1.29, 1.82) is 0 Å². The highest BCUT2D eigenvalue weighted by Crippen LogP contribution is 2.34. The van der Waals surface area contributed by atoms with Crippen molar-refractivity contribution in [3.63, 3.8) is 0 Å². The molecule has 0 spiro atoms. The van der Waals surface area contributed by atoms with Gasteiger partial charge < -0.3 is 5.11 Å². The van der Waals surface area contributed by atoms with Crippen LogP contribution >= 0.6 is 0 Å². The van der Waals surface area contributed by atoms with Crippen molar-refractivity contribution >= 4 is 0 Å². The predicted molar refractivity (Wildman–Crippen MR) is 72.0 cm³/mol. The van der Waals surface area contributed by atoms with Crippen LogP contribution in [0, 0.1) is 11.8 Å². The lowest BCUT2D eigenvalue weighted by molar-refractivity contribution is 0.142. The zero-order valence-corrected chi connectivity index (χ0v) is 11.0. The standard InChI is InChI=1S/C16H24O/c1-12(2)10-14-5-3-4-13(11-14)6-9-16(17)15-7-8-15/h3-5,11-12,15-17H,6-10H2,1-2H3. The van der Waals surface area contributed by atoms with Crippen LogP contribution in [-0.4, -0.2) is 11.2 Å². The number of benzene rings is 1. The van der Waals surface area contributed by atoms with Gasteiger partial charge in [0.2, 0.25) is 0 Å². The third-order valence-corrected chi connectivity index (χ3v) is 3.53. The Labute approximate surface area is 105 Å². The van der Waals surface area contributed by atoms with Gasteiger partial charge in [-0.25, -0.2) is 0 Å². The fourth-order valence-electron chi connectivity index (χ4n) is 2.41. The SMILES string of the molecule is CC(C)Cc1cccc(CCC(O)C2CC2)c1. The van der Waals surface area contributed by atoms with Crippen molar-refractivity contribution in [3.8, 4) is 0 Å². The normalized spacial score (nSPS) is 17.4. The van der Waals surface area contributed by atoms with E-state index < -0.39 is 0 Å². The Balaban J connectivity index is 1.86. The van der Waals surface area contributed by atoms with E-state index in [-0.39, 0.29) is 6.10 Å². The van der Waals surface area contributed by atoms with E-state index in [0.717, 1.165) is 19.3 Å². The second kappa shape index (κ2) is 5.68. The second-order valence-corrected chi connectivity index (χ2v) is 5.86. The zero-order valence-electron chi connectivity index (χ0n) is 11.0. The molecule has 0 bridgehead atoms. The maximum Gasteiger partial charge on any atom is 0.0571 e. The lowest BCUT2D eigenvalue weighted by atomic mass is 9.98. The van der Waals surface area contributed by atoms with Gasteiger partial charge in [0, 0.05) is 0 Å². The van der Waals surface area contributed by atoms with Crippen LogP contribution in [0.2, 0.25) is 0 Å². The van der Waals surface area contributed by atoms with Crippen LogP contribution < -0.4 is 0 Å². The van der Waals surface area contributed by atoms with E-state index >= 15 is 0 Å². The van der Waals surface area contributed by atoms with E-state index in [1.807, 2.05) is 0 Å². The van der Waals surface area contributed by atoms with Gasteiger partial charge in [0.25, 0.3) is 0 Å². The number of hydrogen-bond acceptors (Lipinski definition) is 1. The molecule has 1 unspecified atom stereocenters. The van der Waals surface area contributed by atoms with Crippen LogP contribution in [0.3, 0.4) is 0 Å². The highest BCUT2D eigenvalue weighted by Gasteiger charge is 2.29. The average molecular weight is 232 g/mol. The van der Waals surface area contributed by atoms with Crippen LogP contribution in [0.4, 0.5) is 0 Å². The molecule has 1 fully saturated rings. The first-order chi connectivity index (χ1) is 8.15. The minimum atomic E-state index is -0.0660. The Kier molecular flexibility index (Phi) is 4.22. The molecule has 0 radical (unpaired) electrons. The maximum atomic E-state index is 9.86. The third-order valence-electron chi connectivity index (χ3n) is 3.53. The molecular weight excluding hydrogens is 208 g/mol. The summed E-state index contributed by atoms with van der Waals surface area (Å²) in [5.74, 6) is 1.32. The molecule has 17 heavy (non-hydrogen) atoms. The molecule has 1 aromatic carbocycles. The van der Waals surface area contributed by atoms with Crippen molar-refractivity contribution in [3.05, 3.63) is 35.4 Å². The summed E-state index contributed by atoms with van der Waals surface area (Å²) in [4.78, 5) is 0. The van der Waals surface area contributed by atoms with Gasteiger partial charge in [-0.1, -0.05) is 38.1 Å². The summed E-state index contributed by atoms with van der Waals surface area (Å²) in [6.07, 6.45) is 5.49. The van der Waals surface area contributed by atoms with Gasteiger partial charge in [0.15, 0.2) is 0 Å². The van der Waals surface area contributed by atoms with Gasteiger partial charge in [-0.3, -0.25) is 0 Å². The van der Waals surface area contributed by atoms with E-state index in [1.54, 1.807) is 0 Å². The predicted octanol–water partition coefficient (Wildman–Crippen LogP) is 3.59. The molecule has 1 nitrogen and oxygen atoms in total. The molecule has 1 aliphatic rings. The van der Waals surface area contributed by atoms with Gasteiger partial charge in [0.1, 0.15) is 0 Å². The van der Waals surface area contributed by atoms with Gasteiger partial charge in [0.05, 0.1) is 6.10 Å². The Morgan fingerprint density at radius 3 is 2.59 bits per heavy atom. The van der Waals surface area contributed by atoms with Crippen molar-refractivity contribution in [2.24, 2.45) is 11.8 Å². The number of hydrogen-bond donors (Lipinski definition) is 1. The van der Waals surface area contributed by atoms with E-state index in [9.17, 15) is 5.11 Å². The lowest BCUT2D eigenvalue weighted by Crippen LogP contribution is -2.10. The van der Waals surface area contributed by atoms with Crippen molar-refractivity contribution in [2.45, 2.75) is 52.1 Å². The summed E-state index contributed by atoms with van der Waals surface area (Å²) in [5.41, 5.74) is 2.81. The Bertz CT molecular complexity index is 352. The largest absolute Gasteiger partial charge is 0.393 e. The minimum absolute atomic E-state index is 0.0660. The maximum absolute atomic E-state index is 9.86. The summed E-state index contributed by atoms with van der Waals surface area (Å²) in [6.45, 7) is 4.51. The second-order valence-electron chi connectivity index (χ2n) is 5.86. The minimum Gasteiger partial charge on any atom is -0.393 e. The van der Waals surface area contributed by atoms with Crippen LogP contribution in [0.5, 0.6) is 0 Å². The molecule has 1 N–H and O–H groups in total. The third kappa shape index (κ3) is 4.16. The zero-order chi connectivity index (χ0) is 12.3. The summed E-state index contributed by atoms with van der Waals surface area (Å²) < 4.78 is 0. The average Bonchev–Trinajstić information content (AvgIpc) is 3.09. The first-order valence-corrected chi connectivity index (χ1v) is 6.91. The molecular formula is C16H24O. The molecule has 0 aliphatic heterocycles. The number of aliphatic hydroxyl groups is 1. The molecule has 94 valence electrons. The van der Waals surface area contributed by atoms with Crippen molar-refractivity contribution in [2.75, 3.05) is 0 Å². The molecule has 0 aromatic heterocycles. The number of rotatable bonds is 6. The first-order valence-electron chi connectivity index (χ1n) is 6.91. The summed E-state index contributed by atoms with van der Waals surface area (Å²) >= 11 is 0. The van der Waals surface area contributed by atoms with Crippen LogP contribution in [-0.2, 0) is 12.8 Å². The summed E-state index contributed by atoms with van der Waals surface area (Å²) in [5, 5.41) is 9.86. The quantitative estimate of drug-likeness (QED) is 0.794. The first kappa shape index (κ1) is 12.6. The lowest BCUT2D eigenvalue weighted by Gasteiger charge is -2.10. The number of aryl methyl sites for hydroxylation is 1.